The normalized spacial score (nSPS) is 19.2. The van der Waals surface area contributed by atoms with Gasteiger partial charge in [-0.2, -0.15) is 0 Å². The molecule has 0 aliphatic carbocycles. The van der Waals surface area contributed by atoms with Crippen molar-refractivity contribution >= 4 is 38.8 Å². The molecule has 0 aliphatic heterocycles. The van der Waals surface area contributed by atoms with Crippen LogP contribution in [0.5, 0.6) is 0 Å². The van der Waals surface area contributed by atoms with E-state index in [-0.39, 0.29) is 0 Å². The van der Waals surface area contributed by atoms with Gasteiger partial charge in [0.2, 0.25) is 0 Å². The molecule has 42 valence electrons. The van der Waals surface area contributed by atoms with Crippen LogP contribution in [-0.4, -0.2) is 12.5 Å². The van der Waals surface area contributed by atoms with Crippen molar-refractivity contribution in [1.82, 2.24) is 0 Å². The second kappa shape index (κ2) is 1.35. The zero-order valence-corrected chi connectivity index (χ0v) is 6.74. The second-order valence-corrected chi connectivity index (χ2v) is 15.6. The SMILES string of the molecule is C[SH](C)(Cl)(Cl)Cl. The smallest absolute Gasteiger partial charge is 0.0149 e. The minimum absolute atomic E-state index is 1.64. The van der Waals surface area contributed by atoms with Crippen molar-refractivity contribution in [1.29, 1.82) is 0 Å². The average molecular weight is 170 g/mol. The van der Waals surface area contributed by atoms with E-state index in [9.17, 15) is 0 Å². The predicted molar refractivity (Wildman–Crippen MR) is 38.4 cm³/mol. The van der Waals surface area contributed by atoms with Crippen molar-refractivity contribution in [2.75, 3.05) is 12.5 Å². The van der Waals surface area contributed by atoms with Crippen LogP contribution in [0.15, 0.2) is 0 Å². The third kappa shape index (κ3) is 62.5. The first-order valence-electron chi connectivity index (χ1n) is 1.40. The van der Waals surface area contributed by atoms with Gasteiger partial charge in [0.25, 0.3) is 0 Å². The van der Waals surface area contributed by atoms with Crippen molar-refractivity contribution in [3.05, 3.63) is 0 Å². The highest BCUT2D eigenvalue weighted by Gasteiger charge is 2.16. The van der Waals surface area contributed by atoms with E-state index >= 15 is 0 Å². The van der Waals surface area contributed by atoms with Crippen LogP contribution in [0.25, 0.3) is 0 Å². The van der Waals surface area contributed by atoms with Gasteiger partial charge in [-0.25, -0.2) is 0 Å². The molecule has 0 aromatic carbocycles. The summed E-state index contributed by atoms with van der Waals surface area (Å²) in [5, 5.41) is 0. The molecule has 0 aromatic heterocycles. The third-order valence-electron chi connectivity index (χ3n) is 0. The molecule has 0 rings (SSSR count). The molecule has 0 fully saturated rings. The summed E-state index contributed by atoms with van der Waals surface area (Å²) >= 11 is 0. The molecule has 0 spiro atoms. The monoisotopic (exact) mass is 168 g/mol. The Kier molecular flexibility index (Phi) is 1.62. The Labute approximate surface area is 51.6 Å². The Balaban J connectivity index is 3.73. The van der Waals surface area contributed by atoms with Gasteiger partial charge in [-0.15, -0.1) is 6.80 Å². The number of hydrogen-bond acceptors (Lipinski definition) is 0. The van der Waals surface area contributed by atoms with E-state index in [2.05, 4.69) is 0 Å². The van der Waals surface area contributed by atoms with E-state index in [0.717, 1.165) is 0 Å². The van der Waals surface area contributed by atoms with Gasteiger partial charge in [-0.05, 0) is 12.5 Å². The molecule has 0 bridgehead atoms. The largest absolute Gasteiger partial charge is 0.109 e. The van der Waals surface area contributed by atoms with Gasteiger partial charge in [0, 0.05) is 0 Å². The number of hydrogen-bond donors (Lipinski definition) is 1. The van der Waals surface area contributed by atoms with Crippen LogP contribution >= 0.6 is 38.8 Å². The summed E-state index contributed by atoms with van der Waals surface area (Å²) < 4.78 is 0. The second-order valence-electron chi connectivity index (χ2n) is 1.65. The first-order valence-corrected chi connectivity index (χ1v) is 7.25. The molecule has 6 heavy (non-hydrogen) atoms. The lowest BCUT2D eigenvalue weighted by atomic mass is 11.9. The van der Waals surface area contributed by atoms with Crippen LogP contribution in [0, 0.1) is 0 Å². The van der Waals surface area contributed by atoms with E-state index in [1.54, 1.807) is 12.5 Å². The maximum absolute atomic E-state index is 5.45. The van der Waals surface area contributed by atoms with E-state index in [1.165, 1.54) is 0 Å². The topological polar surface area (TPSA) is 0 Å². The molecule has 4 heteroatoms. The highest BCUT2D eigenvalue weighted by atomic mass is 36.2. The third-order valence-corrected chi connectivity index (χ3v) is 0. The van der Waals surface area contributed by atoms with Crippen molar-refractivity contribution in [3.63, 3.8) is 0 Å². The van der Waals surface area contributed by atoms with Crippen molar-refractivity contribution in [2.24, 2.45) is 0 Å². The standard InChI is InChI=1S/C2H7Cl3S/c1-6(2,3,4)5/h6H,1-2H3. The lowest BCUT2D eigenvalue weighted by Crippen LogP contribution is -1.80. The number of rotatable bonds is 0. The van der Waals surface area contributed by atoms with Crippen LogP contribution < -0.4 is 0 Å². The first kappa shape index (κ1) is 7.22. The molecular formula is C2H7Cl3S. The molecule has 0 unspecified atom stereocenters. The van der Waals surface area contributed by atoms with Gasteiger partial charge in [-0.1, -0.05) is 32.0 Å². The maximum Gasteiger partial charge on any atom is -0.0149 e. The van der Waals surface area contributed by atoms with Crippen LogP contribution in [0.3, 0.4) is 0 Å². The minimum atomic E-state index is -2.63. The predicted octanol–water partition coefficient (Wildman–Crippen LogP) is 2.78. The summed E-state index contributed by atoms with van der Waals surface area (Å²) in [6.07, 6.45) is 3.27. The fourth-order valence-corrected chi connectivity index (χ4v) is 0. The molecule has 0 aromatic rings. The van der Waals surface area contributed by atoms with Gasteiger partial charge in [0.05, 0.1) is 0 Å². The lowest BCUT2D eigenvalue weighted by molar-refractivity contribution is 2.30. The van der Waals surface area contributed by atoms with Crippen LogP contribution in [-0.2, 0) is 0 Å². The number of thiol groups is 1. The quantitative estimate of drug-likeness (QED) is 0.530. The van der Waals surface area contributed by atoms with E-state index in [1.807, 2.05) is 0 Å². The van der Waals surface area contributed by atoms with Gasteiger partial charge >= 0.3 is 0 Å². The molecular weight excluding hydrogens is 162 g/mol. The first-order chi connectivity index (χ1) is 2.24. The van der Waals surface area contributed by atoms with Crippen molar-refractivity contribution in [2.45, 2.75) is 0 Å². The van der Waals surface area contributed by atoms with Gasteiger partial charge in [0.15, 0.2) is 0 Å². The highest BCUT2D eigenvalue weighted by Crippen LogP contribution is 2.77. The maximum atomic E-state index is 5.45. The molecule has 0 atom stereocenters. The molecule has 0 saturated carbocycles. The summed E-state index contributed by atoms with van der Waals surface area (Å²) in [5.74, 6) is 0. The fourth-order valence-electron chi connectivity index (χ4n) is 0. The summed E-state index contributed by atoms with van der Waals surface area (Å²) in [6.45, 7) is -2.63. The van der Waals surface area contributed by atoms with Gasteiger partial charge in [-0.3, -0.25) is 0 Å². The molecule has 0 heterocycles. The Morgan fingerprint density at radius 1 is 1.00 bits per heavy atom. The summed E-state index contributed by atoms with van der Waals surface area (Å²) in [5.41, 5.74) is 0. The Hall–Kier alpha value is 1.22. The van der Waals surface area contributed by atoms with Crippen LogP contribution in [0.2, 0.25) is 0 Å². The lowest BCUT2D eigenvalue weighted by Gasteiger charge is -2.31. The van der Waals surface area contributed by atoms with Crippen LogP contribution in [0.4, 0.5) is 0 Å². The Morgan fingerprint density at radius 2 is 1.00 bits per heavy atom. The Morgan fingerprint density at radius 3 is 1.00 bits per heavy atom. The molecule has 0 saturated heterocycles. The average Bonchev–Trinajstić information content (AvgIpc) is 0.650. The van der Waals surface area contributed by atoms with E-state index in [4.69, 9.17) is 32.0 Å². The molecule has 0 nitrogen and oxygen atoms in total. The zero-order valence-electron chi connectivity index (χ0n) is 3.58. The molecule has 0 radical (unpaired) electrons. The number of halogens is 3. The molecule has 0 N–H and O–H groups in total. The summed E-state index contributed by atoms with van der Waals surface area (Å²) in [4.78, 5) is 0. The Bertz CT molecular complexity index is 42.0. The highest BCUT2D eigenvalue weighted by molar-refractivity contribution is 8.90. The van der Waals surface area contributed by atoms with Crippen LogP contribution in [0.1, 0.15) is 0 Å². The van der Waals surface area contributed by atoms with Crippen molar-refractivity contribution < 1.29 is 0 Å². The van der Waals surface area contributed by atoms with E-state index < -0.39 is 6.80 Å². The zero-order chi connectivity index (χ0) is 5.45. The van der Waals surface area contributed by atoms with E-state index in [0.29, 0.717) is 0 Å². The minimum Gasteiger partial charge on any atom is -0.109 e. The van der Waals surface area contributed by atoms with Gasteiger partial charge in [0.1, 0.15) is 0 Å². The fraction of sp³-hybridized carbons (Fsp3) is 1.00. The molecule has 0 amide bonds. The summed E-state index contributed by atoms with van der Waals surface area (Å²) in [6, 6.07) is 0. The molecule has 0 aliphatic rings. The summed E-state index contributed by atoms with van der Waals surface area (Å²) in [7, 11) is 16.3. The van der Waals surface area contributed by atoms with Crippen molar-refractivity contribution in [3.8, 4) is 0 Å². The van der Waals surface area contributed by atoms with Gasteiger partial charge < -0.3 is 0 Å².